The van der Waals surface area contributed by atoms with Gasteiger partial charge in [0.05, 0.1) is 10.7 Å². The predicted octanol–water partition coefficient (Wildman–Crippen LogP) is 4.07. The van der Waals surface area contributed by atoms with Crippen LogP contribution in [-0.2, 0) is 0 Å². The average molecular weight is 332 g/mol. The van der Waals surface area contributed by atoms with Gasteiger partial charge in [0.15, 0.2) is 0 Å². The van der Waals surface area contributed by atoms with E-state index >= 15 is 0 Å². The van der Waals surface area contributed by atoms with Crippen LogP contribution in [0.3, 0.4) is 0 Å². The van der Waals surface area contributed by atoms with Crippen LogP contribution in [0.4, 0.5) is 5.69 Å². The molecule has 4 heteroatoms. The Kier molecular flexibility index (Phi) is 5.34. The number of rotatable bonds is 3. The highest BCUT2D eigenvalue weighted by Crippen LogP contribution is 2.30. The van der Waals surface area contributed by atoms with Crippen LogP contribution in [0.25, 0.3) is 0 Å². The van der Waals surface area contributed by atoms with Crippen molar-refractivity contribution >= 4 is 33.2 Å². The Hall–Kier alpha value is -0.250. The Morgan fingerprint density at radius 2 is 2.33 bits per heavy atom. The van der Waals surface area contributed by atoms with Crippen molar-refractivity contribution in [3.8, 4) is 0 Å². The second-order valence-electron chi connectivity index (χ2n) is 4.84. The molecule has 18 heavy (non-hydrogen) atoms. The zero-order chi connectivity index (χ0) is 13.0. The highest BCUT2D eigenvalue weighted by atomic mass is 79.9. The SMILES string of the molecule is CCCC1CN(c2cc(Br)ccc2Cl)CCCN1. The smallest absolute Gasteiger partial charge is 0.0640 e. The zero-order valence-corrected chi connectivity index (χ0v) is 13.1. The van der Waals surface area contributed by atoms with Crippen molar-refractivity contribution in [3.05, 3.63) is 27.7 Å². The molecule has 1 aliphatic heterocycles. The molecule has 0 radical (unpaired) electrons. The molecule has 0 bridgehead atoms. The lowest BCUT2D eigenvalue weighted by Gasteiger charge is -2.27. The van der Waals surface area contributed by atoms with Gasteiger partial charge in [0.25, 0.3) is 0 Å². The summed E-state index contributed by atoms with van der Waals surface area (Å²) < 4.78 is 1.09. The molecule has 0 aromatic heterocycles. The van der Waals surface area contributed by atoms with Crippen molar-refractivity contribution < 1.29 is 0 Å². The molecule has 0 saturated carbocycles. The van der Waals surface area contributed by atoms with Gasteiger partial charge < -0.3 is 10.2 Å². The molecule has 0 amide bonds. The van der Waals surface area contributed by atoms with Crippen LogP contribution in [-0.4, -0.2) is 25.7 Å². The Morgan fingerprint density at radius 1 is 1.50 bits per heavy atom. The quantitative estimate of drug-likeness (QED) is 0.898. The Morgan fingerprint density at radius 3 is 3.11 bits per heavy atom. The summed E-state index contributed by atoms with van der Waals surface area (Å²) in [7, 11) is 0. The Bertz CT molecular complexity index is 397. The minimum Gasteiger partial charge on any atom is -0.369 e. The average Bonchev–Trinajstić information content (AvgIpc) is 2.58. The number of benzene rings is 1. The highest BCUT2D eigenvalue weighted by molar-refractivity contribution is 9.10. The third-order valence-electron chi connectivity index (χ3n) is 3.36. The van der Waals surface area contributed by atoms with E-state index in [1.54, 1.807) is 0 Å². The fraction of sp³-hybridized carbons (Fsp3) is 0.571. The monoisotopic (exact) mass is 330 g/mol. The summed E-state index contributed by atoms with van der Waals surface area (Å²) in [5, 5.41) is 4.46. The zero-order valence-electron chi connectivity index (χ0n) is 10.8. The van der Waals surface area contributed by atoms with E-state index in [4.69, 9.17) is 11.6 Å². The molecule has 1 aromatic rings. The first-order valence-corrected chi connectivity index (χ1v) is 7.81. The predicted molar refractivity (Wildman–Crippen MR) is 82.7 cm³/mol. The molecule has 1 aromatic carbocycles. The first-order valence-electron chi connectivity index (χ1n) is 6.64. The summed E-state index contributed by atoms with van der Waals surface area (Å²) in [6.45, 7) is 5.46. The Labute approximate surface area is 123 Å². The molecule has 1 N–H and O–H groups in total. The molecule has 2 nitrogen and oxygen atoms in total. The van der Waals surface area contributed by atoms with Crippen molar-refractivity contribution in [2.45, 2.75) is 32.2 Å². The van der Waals surface area contributed by atoms with Crippen LogP contribution in [0.1, 0.15) is 26.2 Å². The van der Waals surface area contributed by atoms with Crippen LogP contribution < -0.4 is 10.2 Å². The van der Waals surface area contributed by atoms with Gasteiger partial charge in [-0.3, -0.25) is 0 Å². The maximum atomic E-state index is 6.32. The molecule has 1 unspecified atom stereocenters. The highest BCUT2D eigenvalue weighted by Gasteiger charge is 2.19. The minimum atomic E-state index is 0.576. The second-order valence-corrected chi connectivity index (χ2v) is 6.16. The number of nitrogens with zero attached hydrogens (tertiary/aromatic N) is 1. The maximum absolute atomic E-state index is 6.32. The van der Waals surface area contributed by atoms with E-state index < -0.39 is 0 Å². The summed E-state index contributed by atoms with van der Waals surface area (Å²) >= 11 is 9.85. The van der Waals surface area contributed by atoms with Crippen LogP contribution in [0.15, 0.2) is 22.7 Å². The summed E-state index contributed by atoms with van der Waals surface area (Å²) in [6, 6.07) is 6.66. The largest absolute Gasteiger partial charge is 0.369 e. The lowest BCUT2D eigenvalue weighted by Crippen LogP contribution is -2.37. The van der Waals surface area contributed by atoms with Gasteiger partial charge in [-0.15, -0.1) is 0 Å². The first kappa shape index (κ1) is 14.2. The second kappa shape index (κ2) is 6.78. The van der Waals surface area contributed by atoms with Gasteiger partial charge in [-0.2, -0.15) is 0 Å². The number of hydrogen-bond donors (Lipinski definition) is 1. The summed E-state index contributed by atoms with van der Waals surface area (Å²) in [4.78, 5) is 2.41. The molecular weight excluding hydrogens is 312 g/mol. The maximum Gasteiger partial charge on any atom is 0.0640 e. The molecule has 0 spiro atoms. The first-order chi connectivity index (χ1) is 8.70. The van der Waals surface area contributed by atoms with Gasteiger partial charge in [0.1, 0.15) is 0 Å². The van der Waals surface area contributed by atoms with Crippen LogP contribution in [0.2, 0.25) is 5.02 Å². The topological polar surface area (TPSA) is 15.3 Å². The van der Waals surface area contributed by atoms with Crippen molar-refractivity contribution in [3.63, 3.8) is 0 Å². The van der Waals surface area contributed by atoms with Gasteiger partial charge in [0.2, 0.25) is 0 Å². The van der Waals surface area contributed by atoms with Crippen LogP contribution in [0.5, 0.6) is 0 Å². The number of nitrogens with one attached hydrogen (secondary N) is 1. The molecule has 1 aliphatic rings. The van der Waals surface area contributed by atoms with Gasteiger partial charge in [-0.25, -0.2) is 0 Å². The molecule has 100 valence electrons. The van der Waals surface area contributed by atoms with E-state index in [0.29, 0.717) is 6.04 Å². The fourth-order valence-corrected chi connectivity index (χ4v) is 3.07. The summed E-state index contributed by atoms with van der Waals surface area (Å²) in [5.74, 6) is 0. The van der Waals surface area contributed by atoms with E-state index in [0.717, 1.165) is 34.8 Å². The minimum absolute atomic E-state index is 0.576. The van der Waals surface area contributed by atoms with Crippen molar-refractivity contribution in [2.24, 2.45) is 0 Å². The van der Waals surface area contributed by atoms with Crippen LogP contribution >= 0.6 is 27.5 Å². The number of halogens is 2. The van der Waals surface area contributed by atoms with E-state index in [9.17, 15) is 0 Å². The standard InChI is InChI=1S/C14H20BrClN2/c1-2-4-12-10-18(8-3-7-17-12)14-9-11(15)5-6-13(14)16/h5-6,9,12,17H,2-4,7-8,10H2,1H3. The fourth-order valence-electron chi connectivity index (χ4n) is 2.49. The van der Waals surface area contributed by atoms with E-state index in [2.05, 4.69) is 39.1 Å². The molecule has 1 saturated heterocycles. The van der Waals surface area contributed by atoms with Crippen LogP contribution in [0, 0.1) is 0 Å². The third-order valence-corrected chi connectivity index (χ3v) is 4.18. The normalized spacial score (nSPS) is 20.8. The number of anilines is 1. The molecule has 2 rings (SSSR count). The molecular formula is C14H20BrClN2. The number of hydrogen-bond acceptors (Lipinski definition) is 2. The molecule has 1 atom stereocenters. The van der Waals surface area contributed by atoms with E-state index in [-0.39, 0.29) is 0 Å². The third kappa shape index (κ3) is 3.62. The Balaban J connectivity index is 2.16. The van der Waals surface area contributed by atoms with Gasteiger partial charge in [0, 0.05) is 23.6 Å². The lowest BCUT2D eigenvalue weighted by atomic mass is 10.1. The molecule has 1 fully saturated rings. The summed E-state index contributed by atoms with van der Waals surface area (Å²) in [6.07, 6.45) is 3.61. The van der Waals surface area contributed by atoms with Gasteiger partial charge >= 0.3 is 0 Å². The summed E-state index contributed by atoms with van der Waals surface area (Å²) in [5.41, 5.74) is 1.15. The van der Waals surface area contributed by atoms with Gasteiger partial charge in [-0.05, 0) is 37.6 Å². The van der Waals surface area contributed by atoms with Gasteiger partial charge in [-0.1, -0.05) is 40.9 Å². The molecule has 1 heterocycles. The van der Waals surface area contributed by atoms with Crippen molar-refractivity contribution in [1.82, 2.24) is 5.32 Å². The van der Waals surface area contributed by atoms with Crippen molar-refractivity contribution in [1.29, 1.82) is 0 Å². The van der Waals surface area contributed by atoms with Crippen molar-refractivity contribution in [2.75, 3.05) is 24.5 Å². The van der Waals surface area contributed by atoms with E-state index in [1.807, 2.05) is 12.1 Å². The lowest BCUT2D eigenvalue weighted by molar-refractivity contribution is 0.502. The molecule has 0 aliphatic carbocycles. The van der Waals surface area contributed by atoms with E-state index in [1.165, 1.54) is 19.3 Å².